The van der Waals surface area contributed by atoms with Crippen LogP contribution in [0.1, 0.15) is 42.8 Å². The first kappa shape index (κ1) is 19.0. The minimum Gasteiger partial charge on any atom is -0.361 e. The van der Waals surface area contributed by atoms with E-state index in [-0.39, 0.29) is 0 Å². The van der Waals surface area contributed by atoms with Gasteiger partial charge < -0.3 is 15.2 Å². The molecule has 0 radical (unpaired) electrons. The molecule has 5 nitrogen and oxygen atoms in total. The quantitative estimate of drug-likeness (QED) is 0.570. The van der Waals surface area contributed by atoms with Crippen LogP contribution in [0.15, 0.2) is 39.8 Å². The molecule has 0 fully saturated rings. The maximum atomic E-state index is 5.21. The van der Waals surface area contributed by atoms with Crippen LogP contribution in [0.5, 0.6) is 0 Å². The van der Waals surface area contributed by atoms with Crippen molar-refractivity contribution in [3.05, 3.63) is 52.9 Å². The van der Waals surface area contributed by atoms with Gasteiger partial charge in [-0.1, -0.05) is 35.5 Å². The molecule has 1 unspecified atom stereocenters. The summed E-state index contributed by atoms with van der Waals surface area (Å²) in [4.78, 5) is 4.69. The van der Waals surface area contributed by atoms with Gasteiger partial charge in [-0.25, -0.2) is 0 Å². The van der Waals surface area contributed by atoms with E-state index in [0.29, 0.717) is 12.6 Å². The number of aryl methyl sites for hydroxylation is 3. The fraction of sp³-hybridized carbons (Fsp3) is 0.500. The SMILES string of the molecule is CCNC(=NCCc1c(C)noc1C)NC(C)CCc1ccccc1. The van der Waals surface area contributed by atoms with E-state index in [1.807, 2.05) is 13.8 Å². The van der Waals surface area contributed by atoms with Crippen molar-refractivity contribution < 1.29 is 4.52 Å². The molecular formula is C20H30N4O. The van der Waals surface area contributed by atoms with Crippen LogP contribution in [0, 0.1) is 13.8 Å². The molecule has 25 heavy (non-hydrogen) atoms. The van der Waals surface area contributed by atoms with Gasteiger partial charge in [0.2, 0.25) is 0 Å². The third-order valence-corrected chi connectivity index (χ3v) is 4.25. The van der Waals surface area contributed by atoms with Gasteiger partial charge in [0.05, 0.1) is 5.69 Å². The van der Waals surface area contributed by atoms with Gasteiger partial charge in [-0.2, -0.15) is 0 Å². The minimum atomic E-state index is 0.358. The molecule has 1 atom stereocenters. The molecule has 0 saturated carbocycles. The summed E-state index contributed by atoms with van der Waals surface area (Å²) in [6.45, 7) is 9.77. The molecule has 1 heterocycles. The highest BCUT2D eigenvalue weighted by atomic mass is 16.5. The Morgan fingerprint density at radius 3 is 2.60 bits per heavy atom. The van der Waals surface area contributed by atoms with Gasteiger partial charge in [0.15, 0.2) is 5.96 Å². The van der Waals surface area contributed by atoms with Gasteiger partial charge >= 0.3 is 0 Å². The van der Waals surface area contributed by atoms with Crippen LogP contribution < -0.4 is 10.6 Å². The van der Waals surface area contributed by atoms with Crippen molar-refractivity contribution in [1.82, 2.24) is 15.8 Å². The lowest BCUT2D eigenvalue weighted by Gasteiger charge is -2.18. The molecule has 0 amide bonds. The van der Waals surface area contributed by atoms with Crippen LogP contribution >= 0.6 is 0 Å². The maximum Gasteiger partial charge on any atom is 0.191 e. The third-order valence-electron chi connectivity index (χ3n) is 4.25. The largest absolute Gasteiger partial charge is 0.361 e. The summed E-state index contributed by atoms with van der Waals surface area (Å²) < 4.78 is 5.21. The highest BCUT2D eigenvalue weighted by Gasteiger charge is 2.09. The average Bonchev–Trinajstić information content (AvgIpc) is 2.93. The minimum absolute atomic E-state index is 0.358. The van der Waals surface area contributed by atoms with Gasteiger partial charge in [0.1, 0.15) is 5.76 Å². The molecule has 0 aliphatic carbocycles. The van der Waals surface area contributed by atoms with Gasteiger partial charge in [0.25, 0.3) is 0 Å². The summed E-state index contributed by atoms with van der Waals surface area (Å²) in [5, 5.41) is 10.8. The van der Waals surface area contributed by atoms with Crippen LogP contribution in [-0.2, 0) is 12.8 Å². The highest BCUT2D eigenvalue weighted by Crippen LogP contribution is 2.12. The molecule has 0 bridgehead atoms. The van der Waals surface area contributed by atoms with Crippen molar-refractivity contribution in [2.24, 2.45) is 4.99 Å². The fourth-order valence-electron chi connectivity index (χ4n) is 2.79. The number of hydrogen-bond acceptors (Lipinski definition) is 3. The normalized spacial score (nSPS) is 12.9. The van der Waals surface area contributed by atoms with Crippen molar-refractivity contribution in [1.29, 1.82) is 0 Å². The Labute approximate surface area is 150 Å². The summed E-state index contributed by atoms with van der Waals surface area (Å²) in [6, 6.07) is 10.9. The number of nitrogens with one attached hydrogen (secondary N) is 2. The molecule has 2 aromatic rings. The van der Waals surface area contributed by atoms with E-state index in [1.54, 1.807) is 0 Å². The summed E-state index contributed by atoms with van der Waals surface area (Å²) in [5.41, 5.74) is 3.50. The Morgan fingerprint density at radius 1 is 1.20 bits per heavy atom. The zero-order chi connectivity index (χ0) is 18.1. The number of hydrogen-bond donors (Lipinski definition) is 2. The molecule has 0 aliphatic rings. The molecule has 2 N–H and O–H groups in total. The lowest BCUT2D eigenvalue weighted by Crippen LogP contribution is -2.42. The Bertz CT molecular complexity index is 644. The third kappa shape index (κ3) is 6.25. The van der Waals surface area contributed by atoms with Gasteiger partial charge in [-0.3, -0.25) is 4.99 Å². The summed E-state index contributed by atoms with van der Waals surface area (Å²) in [7, 11) is 0. The monoisotopic (exact) mass is 342 g/mol. The molecule has 1 aromatic heterocycles. The zero-order valence-electron chi connectivity index (χ0n) is 15.8. The molecule has 1 aromatic carbocycles. The van der Waals surface area contributed by atoms with Gasteiger partial charge in [-0.05, 0) is 52.5 Å². The zero-order valence-corrected chi connectivity index (χ0v) is 15.8. The Kier molecular flexibility index (Phi) is 7.51. The number of nitrogens with zero attached hydrogens (tertiary/aromatic N) is 2. The number of rotatable bonds is 8. The second kappa shape index (κ2) is 9.87. The summed E-state index contributed by atoms with van der Waals surface area (Å²) in [6.07, 6.45) is 2.97. The number of aromatic nitrogens is 1. The second-order valence-corrected chi connectivity index (χ2v) is 6.38. The molecule has 0 spiro atoms. The summed E-state index contributed by atoms with van der Waals surface area (Å²) in [5.74, 6) is 1.76. The lowest BCUT2D eigenvalue weighted by atomic mass is 10.1. The van der Waals surface area contributed by atoms with E-state index >= 15 is 0 Å². The first-order chi connectivity index (χ1) is 12.1. The number of aliphatic imine (C=N–C) groups is 1. The van der Waals surface area contributed by atoms with Crippen molar-refractivity contribution >= 4 is 5.96 Å². The average molecular weight is 342 g/mol. The van der Waals surface area contributed by atoms with Crippen molar-refractivity contribution in [2.75, 3.05) is 13.1 Å². The van der Waals surface area contributed by atoms with Gasteiger partial charge in [0, 0.05) is 24.7 Å². The molecule has 0 saturated heterocycles. The van der Waals surface area contributed by atoms with E-state index in [1.165, 1.54) is 5.56 Å². The summed E-state index contributed by atoms with van der Waals surface area (Å²) >= 11 is 0. The van der Waals surface area contributed by atoms with E-state index in [9.17, 15) is 0 Å². The number of guanidine groups is 1. The Morgan fingerprint density at radius 2 is 1.96 bits per heavy atom. The van der Waals surface area contributed by atoms with Crippen molar-refractivity contribution in [3.63, 3.8) is 0 Å². The van der Waals surface area contributed by atoms with Gasteiger partial charge in [-0.15, -0.1) is 0 Å². The highest BCUT2D eigenvalue weighted by molar-refractivity contribution is 5.80. The van der Waals surface area contributed by atoms with E-state index < -0.39 is 0 Å². The Hall–Kier alpha value is -2.30. The smallest absolute Gasteiger partial charge is 0.191 e. The predicted octanol–water partition coefficient (Wildman–Crippen LogP) is 3.41. The van der Waals surface area contributed by atoms with E-state index in [4.69, 9.17) is 9.52 Å². The number of benzene rings is 1. The van der Waals surface area contributed by atoms with Crippen molar-refractivity contribution in [3.8, 4) is 0 Å². The second-order valence-electron chi connectivity index (χ2n) is 6.38. The molecule has 2 rings (SSSR count). The van der Waals surface area contributed by atoms with Crippen LogP contribution in [0.25, 0.3) is 0 Å². The molecule has 0 aliphatic heterocycles. The first-order valence-corrected chi connectivity index (χ1v) is 9.10. The van der Waals surface area contributed by atoms with Crippen LogP contribution in [0.3, 0.4) is 0 Å². The molecule has 5 heteroatoms. The Balaban J connectivity index is 1.84. The van der Waals surface area contributed by atoms with Crippen LogP contribution in [0.4, 0.5) is 0 Å². The molecule has 136 valence electrons. The van der Waals surface area contributed by atoms with E-state index in [2.05, 4.69) is 60.0 Å². The maximum absolute atomic E-state index is 5.21. The standard InChI is InChI=1S/C20H30N4O/c1-5-21-20(22-14-13-19-16(3)24-25-17(19)4)23-15(2)11-12-18-9-7-6-8-10-18/h6-10,15H,5,11-14H2,1-4H3,(H2,21,22,23). The van der Waals surface area contributed by atoms with Crippen LogP contribution in [0.2, 0.25) is 0 Å². The van der Waals surface area contributed by atoms with Crippen molar-refractivity contribution in [2.45, 2.75) is 53.0 Å². The topological polar surface area (TPSA) is 62.5 Å². The first-order valence-electron chi connectivity index (χ1n) is 9.10. The van der Waals surface area contributed by atoms with Crippen LogP contribution in [-0.4, -0.2) is 30.2 Å². The molecular weight excluding hydrogens is 312 g/mol. The predicted molar refractivity (Wildman–Crippen MR) is 103 cm³/mol. The fourth-order valence-corrected chi connectivity index (χ4v) is 2.79. The van der Waals surface area contributed by atoms with E-state index in [0.717, 1.165) is 48.8 Å². The lowest BCUT2D eigenvalue weighted by molar-refractivity contribution is 0.392.